The third-order valence-corrected chi connectivity index (χ3v) is 7.29. The van der Waals surface area contributed by atoms with E-state index in [-0.39, 0.29) is 43.2 Å². The van der Waals surface area contributed by atoms with Crippen molar-refractivity contribution < 1.29 is 24.2 Å². The molecule has 0 spiro atoms. The largest absolute Gasteiger partial charge is 0.481 e. The summed E-state index contributed by atoms with van der Waals surface area (Å²) in [6.45, 7) is 2.72. The average Bonchev–Trinajstić information content (AvgIpc) is 3.42. The minimum Gasteiger partial charge on any atom is -0.481 e. The van der Waals surface area contributed by atoms with Crippen LogP contribution in [-0.4, -0.2) is 42.3 Å². The molecule has 1 fully saturated rings. The van der Waals surface area contributed by atoms with Crippen LogP contribution in [0.1, 0.15) is 62.5 Å². The molecule has 2 aliphatic rings. The molecule has 2 amide bonds. The second-order valence-corrected chi connectivity index (χ2v) is 9.73. The molecule has 3 unspecified atom stereocenters. The van der Waals surface area contributed by atoms with Crippen LogP contribution in [0.15, 0.2) is 48.5 Å². The first-order chi connectivity index (χ1) is 16.9. The lowest BCUT2D eigenvalue weighted by Gasteiger charge is -2.19. The van der Waals surface area contributed by atoms with Gasteiger partial charge in [-0.25, -0.2) is 4.79 Å². The smallest absolute Gasteiger partial charge is 0.407 e. The molecule has 2 aromatic rings. The van der Waals surface area contributed by atoms with Gasteiger partial charge in [0.25, 0.3) is 0 Å². The van der Waals surface area contributed by atoms with E-state index >= 15 is 0 Å². The Bertz CT molecular complexity index is 1020. The first-order valence-corrected chi connectivity index (χ1v) is 12.5. The van der Waals surface area contributed by atoms with Crippen LogP contribution in [0.2, 0.25) is 0 Å². The molecule has 3 N–H and O–H groups in total. The molecule has 0 aromatic heterocycles. The standard InChI is InChI=1S/C28H34N2O5/c1-2-20(15-26(31)29-16-19-12-11-18(13-19)14-27(32)33)30-28(34)35-17-25-23-9-5-3-7-21(23)22-8-4-6-10-24(22)25/h3-10,18-20,25H,2,11-17H2,1H3,(H,29,31)(H,30,34)(H,32,33). The highest BCUT2D eigenvalue weighted by molar-refractivity contribution is 5.79. The van der Waals surface area contributed by atoms with Gasteiger partial charge < -0.3 is 20.5 Å². The lowest BCUT2D eigenvalue weighted by atomic mass is 9.98. The van der Waals surface area contributed by atoms with E-state index in [1.165, 1.54) is 11.1 Å². The number of carbonyl (C=O) groups is 3. The quantitative estimate of drug-likeness (QED) is 0.459. The van der Waals surface area contributed by atoms with Gasteiger partial charge in [-0.2, -0.15) is 0 Å². The first kappa shape index (κ1) is 24.8. The van der Waals surface area contributed by atoms with E-state index in [4.69, 9.17) is 9.84 Å². The molecule has 3 atom stereocenters. The minimum absolute atomic E-state index is 0.00658. The molecule has 186 valence electrons. The second kappa shape index (κ2) is 11.4. The Morgan fingerprint density at radius 2 is 1.63 bits per heavy atom. The number of carboxylic acid groups (broad SMARTS) is 1. The molecule has 2 aromatic carbocycles. The van der Waals surface area contributed by atoms with Crippen molar-refractivity contribution in [2.24, 2.45) is 11.8 Å². The van der Waals surface area contributed by atoms with Crippen LogP contribution >= 0.6 is 0 Å². The molecule has 35 heavy (non-hydrogen) atoms. The number of rotatable bonds is 10. The summed E-state index contributed by atoms with van der Waals surface area (Å²) in [5.41, 5.74) is 4.67. The van der Waals surface area contributed by atoms with Crippen molar-refractivity contribution in [3.63, 3.8) is 0 Å². The molecule has 7 nitrogen and oxygen atoms in total. The Hall–Kier alpha value is -3.35. The molecule has 0 bridgehead atoms. The zero-order chi connectivity index (χ0) is 24.8. The number of ether oxygens (including phenoxy) is 1. The lowest BCUT2D eigenvalue weighted by Crippen LogP contribution is -2.40. The van der Waals surface area contributed by atoms with Gasteiger partial charge in [-0.05, 0) is 59.8 Å². The fourth-order valence-electron chi connectivity index (χ4n) is 5.45. The summed E-state index contributed by atoms with van der Waals surface area (Å²) in [5, 5.41) is 14.7. The Morgan fingerprint density at radius 3 is 2.26 bits per heavy atom. The van der Waals surface area contributed by atoms with Gasteiger partial charge in [-0.1, -0.05) is 55.5 Å². The van der Waals surface area contributed by atoms with Gasteiger partial charge in [0, 0.05) is 31.3 Å². The lowest BCUT2D eigenvalue weighted by molar-refractivity contribution is -0.138. The molecular formula is C28H34N2O5. The number of aliphatic carboxylic acids is 1. The van der Waals surface area contributed by atoms with Gasteiger partial charge in [-0.3, -0.25) is 9.59 Å². The highest BCUT2D eigenvalue weighted by Gasteiger charge is 2.30. The topological polar surface area (TPSA) is 105 Å². The molecule has 7 heteroatoms. The second-order valence-electron chi connectivity index (χ2n) is 9.73. The molecule has 2 aliphatic carbocycles. The van der Waals surface area contributed by atoms with E-state index in [1.54, 1.807) is 0 Å². The number of carbonyl (C=O) groups excluding carboxylic acids is 2. The van der Waals surface area contributed by atoms with Gasteiger partial charge in [-0.15, -0.1) is 0 Å². The highest BCUT2D eigenvalue weighted by Crippen LogP contribution is 2.44. The number of benzene rings is 2. The molecule has 4 rings (SSSR count). The van der Waals surface area contributed by atoms with Crippen molar-refractivity contribution in [2.75, 3.05) is 13.2 Å². The van der Waals surface area contributed by atoms with Crippen LogP contribution in [0.4, 0.5) is 4.79 Å². The fourth-order valence-corrected chi connectivity index (χ4v) is 5.45. The summed E-state index contributed by atoms with van der Waals surface area (Å²) in [4.78, 5) is 35.9. The highest BCUT2D eigenvalue weighted by atomic mass is 16.5. The predicted octanol–water partition coefficient (Wildman–Crippen LogP) is 4.70. The summed E-state index contributed by atoms with van der Waals surface area (Å²) < 4.78 is 5.61. The van der Waals surface area contributed by atoms with Crippen LogP contribution in [0.5, 0.6) is 0 Å². The Balaban J connectivity index is 1.23. The van der Waals surface area contributed by atoms with E-state index in [0.29, 0.717) is 18.9 Å². The zero-order valence-electron chi connectivity index (χ0n) is 20.2. The third kappa shape index (κ3) is 6.21. The van der Waals surface area contributed by atoms with E-state index in [1.807, 2.05) is 31.2 Å². The summed E-state index contributed by atoms with van der Waals surface area (Å²) in [5.74, 6) is -0.360. The van der Waals surface area contributed by atoms with E-state index < -0.39 is 12.1 Å². The maximum atomic E-state index is 12.6. The van der Waals surface area contributed by atoms with Crippen molar-refractivity contribution >= 4 is 18.0 Å². The van der Waals surface area contributed by atoms with Crippen LogP contribution in [0.3, 0.4) is 0 Å². The number of nitrogens with one attached hydrogen (secondary N) is 2. The van der Waals surface area contributed by atoms with Gasteiger partial charge >= 0.3 is 12.1 Å². The number of carboxylic acids is 1. The Kier molecular flexibility index (Phi) is 8.06. The number of fused-ring (bicyclic) bond motifs is 3. The van der Waals surface area contributed by atoms with Gasteiger partial charge in [0.15, 0.2) is 0 Å². The summed E-state index contributed by atoms with van der Waals surface area (Å²) in [6, 6.07) is 16.1. The molecule has 0 radical (unpaired) electrons. The van der Waals surface area contributed by atoms with Crippen LogP contribution in [-0.2, 0) is 14.3 Å². The number of hydrogen-bond donors (Lipinski definition) is 3. The normalized spacial score (nSPS) is 19.5. The molecule has 0 saturated heterocycles. The summed E-state index contributed by atoms with van der Waals surface area (Å²) in [6.07, 6.45) is 3.15. The summed E-state index contributed by atoms with van der Waals surface area (Å²) >= 11 is 0. The van der Waals surface area contributed by atoms with Gasteiger partial charge in [0.1, 0.15) is 6.61 Å². The van der Waals surface area contributed by atoms with Gasteiger partial charge in [0.2, 0.25) is 5.91 Å². The Labute approximate surface area is 206 Å². The van der Waals surface area contributed by atoms with Crippen molar-refractivity contribution in [2.45, 2.75) is 57.4 Å². The third-order valence-electron chi connectivity index (χ3n) is 7.29. The zero-order valence-corrected chi connectivity index (χ0v) is 20.2. The van der Waals surface area contributed by atoms with Crippen molar-refractivity contribution in [1.82, 2.24) is 10.6 Å². The Morgan fingerprint density at radius 1 is 1.00 bits per heavy atom. The monoisotopic (exact) mass is 478 g/mol. The van der Waals surface area contributed by atoms with Crippen LogP contribution in [0.25, 0.3) is 11.1 Å². The SMILES string of the molecule is CCC(CC(=O)NCC1CCC(CC(=O)O)C1)NC(=O)OCC1c2ccccc2-c2ccccc21. The minimum atomic E-state index is -0.759. The summed E-state index contributed by atoms with van der Waals surface area (Å²) in [7, 11) is 0. The fraction of sp³-hybridized carbons (Fsp3) is 0.464. The van der Waals surface area contributed by atoms with Crippen molar-refractivity contribution in [3.05, 3.63) is 59.7 Å². The van der Waals surface area contributed by atoms with Gasteiger partial charge in [0.05, 0.1) is 0 Å². The first-order valence-electron chi connectivity index (χ1n) is 12.5. The number of hydrogen-bond acceptors (Lipinski definition) is 4. The maximum absolute atomic E-state index is 12.6. The van der Waals surface area contributed by atoms with E-state index in [2.05, 4.69) is 34.9 Å². The van der Waals surface area contributed by atoms with E-state index in [0.717, 1.165) is 30.4 Å². The maximum Gasteiger partial charge on any atom is 0.407 e. The molecule has 0 heterocycles. The van der Waals surface area contributed by atoms with Crippen LogP contribution in [0, 0.1) is 11.8 Å². The van der Waals surface area contributed by atoms with Crippen molar-refractivity contribution in [3.8, 4) is 11.1 Å². The predicted molar refractivity (Wildman–Crippen MR) is 133 cm³/mol. The number of alkyl carbamates (subject to hydrolysis) is 1. The van der Waals surface area contributed by atoms with Crippen molar-refractivity contribution in [1.29, 1.82) is 0 Å². The molecule has 0 aliphatic heterocycles. The number of amides is 2. The van der Waals surface area contributed by atoms with E-state index in [9.17, 15) is 14.4 Å². The average molecular weight is 479 g/mol. The molecule has 1 saturated carbocycles. The van der Waals surface area contributed by atoms with Crippen LogP contribution < -0.4 is 10.6 Å². The molecular weight excluding hydrogens is 444 g/mol.